The highest BCUT2D eigenvalue weighted by Gasteiger charge is 2.10. The number of anilines is 1. The van der Waals surface area contributed by atoms with Gasteiger partial charge in [0.05, 0.1) is 11.8 Å². The van der Waals surface area contributed by atoms with Gasteiger partial charge in [0.15, 0.2) is 5.13 Å². The molecule has 0 bridgehead atoms. The van der Waals surface area contributed by atoms with Gasteiger partial charge in [-0.15, -0.1) is 0 Å². The lowest BCUT2D eigenvalue weighted by atomic mass is 10.2. The number of thiazole rings is 1. The molecule has 5 heteroatoms. The number of unbranched alkanes of at least 4 members (excludes halogenated alkanes) is 1. The minimum absolute atomic E-state index is 0.0230. The molecule has 2 aromatic rings. The van der Waals surface area contributed by atoms with Crippen molar-refractivity contribution in [2.24, 2.45) is 0 Å². The number of hydrogen-bond donors (Lipinski definition) is 1. The lowest BCUT2D eigenvalue weighted by molar-refractivity contribution is -0.116. The molecule has 0 saturated heterocycles. The molecule has 0 aliphatic rings. The van der Waals surface area contributed by atoms with Gasteiger partial charge in [0.2, 0.25) is 5.91 Å². The number of nitrogens with one attached hydrogen (secondary N) is 1. The van der Waals surface area contributed by atoms with Crippen LogP contribution in [0.5, 0.6) is 5.75 Å². The number of amides is 1. The summed E-state index contributed by atoms with van der Waals surface area (Å²) >= 11 is 1.47. The first-order valence-corrected chi connectivity index (χ1v) is 6.79. The molecule has 4 nitrogen and oxygen atoms in total. The van der Waals surface area contributed by atoms with Crippen LogP contribution in [0, 0.1) is 0 Å². The van der Waals surface area contributed by atoms with E-state index in [1.807, 2.05) is 18.2 Å². The Kier molecular flexibility index (Phi) is 4.15. The van der Waals surface area contributed by atoms with Crippen LogP contribution in [0.1, 0.15) is 26.2 Å². The maximum Gasteiger partial charge on any atom is 0.226 e. The summed E-state index contributed by atoms with van der Waals surface area (Å²) in [5.74, 6) is 0.757. The van der Waals surface area contributed by atoms with Gasteiger partial charge in [-0.05, 0) is 18.6 Å². The zero-order valence-corrected chi connectivity index (χ0v) is 11.3. The molecule has 0 aliphatic carbocycles. The van der Waals surface area contributed by atoms with Gasteiger partial charge in [-0.25, -0.2) is 4.98 Å². The van der Waals surface area contributed by atoms with Crippen molar-refractivity contribution in [2.45, 2.75) is 26.2 Å². The van der Waals surface area contributed by atoms with E-state index in [1.54, 1.807) is 7.11 Å². The zero-order chi connectivity index (χ0) is 13.0. The number of fused-ring (bicyclic) bond motifs is 1. The van der Waals surface area contributed by atoms with Crippen molar-refractivity contribution in [3.63, 3.8) is 0 Å². The fourth-order valence-electron chi connectivity index (χ4n) is 1.66. The van der Waals surface area contributed by atoms with Crippen LogP contribution in [0.15, 0.2) is 18.2 Å². The highest BCUT2D eigenvalue weighted by atomic mass is 32.1. The first-order chi connectivity index (χ1) is 8.74. The summed E-state index contributed by atoms with van der Waals surface area (Å²) in [7, 11) is 1.62. The van der Waals surface area contributed by atoms with E-state index in [-0.39, 0.29) is 5.91 Å². The molecule has 0 spiro atoms. The Bertz CT molecular complexity index is 551. The van der Waals surface area contributed by atoms with Crippen molar-refractivity contribution in [1.82, 2.24) is 4.98 Å². The van der Waals surface area contributed by atoms with Crippen molar-refractivity contribution in [2.75, 3.05) is 12.4 Å². The van der Waals surface area contributed by atoms with E-state index in [2.05, 4.69) is 17.2 Å². The number of carbonyl (C=O) groups is 1. The molecule has 2 rings (SSSR count). The largest absolute Gasteiger partial charge is 0.494 e. The van der Waals surface area contributed by atoms with Crippen LogP contribution in [-0.4, -0.2) is 18.0 Å². The van der Waals surface area contributed by atoms with Crippen molar-refractivity contribution in [1.29, 1.82) is 0 Å². The number of ether oxygens (including phenoxy) is 1. The van der Waals surface area contributed by atoms with E-state index in [0.717, 1.165) is 28.8 Å². The number of benzene rings is 1. The van der Waals surface area contributed by atoms with Crippen molar-refractivity contribution < 1.29 is 9.53 Å². The van der Waals surface area contributed by atoms with E-state index in [4.69, 9.17) is 4.74 Å². The monoisotopic (exact) mass is 264 g/mol. The summed E-state index contributed by atoms with van der Waals surface area (Å²) in [5, 5.41) is 3.47. The lowest BCUT2D eigenvalue weighted by Gasteiger charge is -1.99. The van der Waals surface area contributed by atoms with Crippen molar-refractivity contribution in [3.8, 4) is 5.75 Å². The Morgan fingerprint density at radius 3 is 3.06 bits per heavy atom. The molecule has 1 aromatic heterocycles. The van der Waals surface area contributed by atoms with Gasteiger partial charge >= 0.3 is 0 Å². The Morgan fingerprint density at radius 2 is 2.33 bits per heavy atom. The topological polar surface area (TPSA) is 51.2 Å². The minimum Gasteiger partial charge on any atom is -0.494 e. The van der Waals surface area contributed by atoms with E-state index in [0.29, 0.717) is 11.6 Å². The fourth-order valence-corrected chi connectivity index (χ4v) is 2.56. The molecule has 0 aliphatic heterocycles. The van der Waals surface area contributed by atoms with Gasteiger partial charge < -0.3 is 10.1 Å². The number of methoxy groups -OCH3 is 1. The predicted molar refractivity (Wildman–Crippen MR) is 74.3 cm³/mol. The lowest BCUT2D eigenvalue weighted by Crippen LogP contribution is -2.10. The van der Waals surface area contributed by atoms with Gasteiger partial charge in [-0.3, -0.25) is 4.79 Å². The zero-order valence-electron chi connectivity index (χ0n) is 10.5. The molecule has 0 radical (unpaired) electrons. The van der Waals surface area contributed by atoms with Gasteiger partial charge in [0.25, 0.3) is 0 Å². The quantitative estimate of drug-likeness (QED) is 0.900. The molecule has 1 heterocycles. The van der Waals surface area contributed by atoms with E-state index >= 15 is 0 Å². The normalized spacial score (nSPS) is 10.6. The number of aromatic nitrogens is 1. The number of carbonyl (C=O) groups excluding carboxylic acids is 1. The van der Waals surface area contributed by atoms with E-state index in [9.17, 15) is 4.79 Å². The Labute approximate surface area is 110 Å². The second-order valence-electron chi connectivity index (χ2n) is 3.98. The SMILES string of the molecule is CCCCC(=O)Nc1nc2c(OC)cccc2s1. The summed E-state index contributed by atoms with van der Waals surface area (Å²) in [4.78, 5) is 16.0. The fraction of sp³-hybridized carbons (Fsp3) is 0.385. The highest BCUT2D eigenvalue weighted by Crippen LogP contribution is 2.32. The summed E-state index contributed by atoms with van der Waals surface area (Å²) < 4.78 is 6.26. The van der Waals surface area contributed by atoms with E-state index < -0.39 is 0 Å². The average molecular weight is 264 g/mol. The smallest absolute Gasteiger partial charge is 0.226 e. The second kappa shape index (κ2) is 5.82. The van der Waals surface area contributed by atoms with Gasteiger partial charge in [0.1, 0.15) is 11.3 Å². The minimum atomic E-state index is 0.0230. The molecule has 0 fully saturated rings. The Hall–Kier alpha value is -1.62. The average Bonchev–Trinajstić information content (AvgIpc) is 2.78. The maximum atomic E-state index is 11.6. The second-order valence-corrected chi connectivity index (χ2v) is 5.01. The molecule has 0 unspecified atom stereocenters. The number of nitrogens with zero attached hydrogens (tertiary/aromatic N) is 1. The van der Waals surface area contributed by atoms with Crippen LogP contribution in [0.3, 0.4) is 0 Å². The molecule has 0 saturated carbocycles. The number of rotatable bonds is 5. The van der Waals surface area contributed by atoms with Crippen LogP contribution in [-0.2, 0) is 4.79 Å². The van der Waals surface area contributed by atoms with Gasteiger partial charge in [0, 0.05) is 6.42 Å². The number of para-hydroxylation sites is 1. The molecular weight excluding hydrogens is 248 g/mol. The third-order valence-corrected chi connectivity index (χ3v) is 3.54. The summed E-state index contributed by atoms with van der Waals surface area (Å²) in [6.07, 6.45) is 2.46. The van der Waals surface area contributed by atoms with Crippen molar-refractivity contribution >= 4 is 32.6 Å². The maximum absolute atomic E-state index is 11.6. The van der Waals surface area contributed by atoms with E-state index in [1.165, 1.54) is 11.3 Å². The summed E-state index contributed by atoms with van der Waals surface area (Å²) in [6, 6.07) is 5.75. The van der Waals surface area contributed by atoms with Gasteiger partial charge in [-0.1, -0.05) is 30.7 Å². The van der Waals surface area contributed by atoms with Crippen LogP contribution >= 0.6 is 11.3 Å². The Morgan fingerprint density at radius 1 is 1.50 bits per heavy atom. The molecule has 0 atom stereocenters. The summed E-state index contributed by atoms with van der Waals surface area (Å²) in [6.45, 7) is 2.07. The predicted octanol–water partition coefficient (Wildman–Crippen LogP) is 3.43. The van der Waals surface area contributed by atoms with Crippen LogP contribution in [0.2, 0.25) is 0 Å². The summed E-state index contributed by atoms with van der Waals surface area (Å²) in [5.41, 5.74) is 0.802. The molecular formula is C13H16N2O2S. The Balaban J connectivity index is 2.17. The molecule has 18 heavy (non-hydrogen) atoms. The molecule has 1 N–H and O–H groups in total. The van der Waals surface area contributed by atoms with Gasteiger partial charge in [-0.2, -0.15) is 0 Å². The highest BCUT2D eigenvalue weighted by molar-refractivity contribution is 7.22. The van der Waals surface area contributed by atoms with Crippen LogP contribution in [0.4, 0.5) is 5.13 Å². The van der Waals surface area contributed by atoms with Crippen LogP contribution < -0.4 is 10.1 Å². The standard InChI is InChI=1S/C13H16N2O2S/c1-3-4-8-11(16)14-13-15-12-9(17-2)6-5-7-10(12)18-13/h5-7H,3-4,8H2,1-2H3,(H,14,15,16). The third-order valence-electron chi connectivity index (χ3n) is 2.61. The first-order valence-electron chi connectivity index (χ1n) is 5.98. The van der Waals surface area contributed by atoms with Crippen molar-refractivity contribution in [3.05, 3.63) is 18.2 Å². The number of hydrogen-bond acceptors (Lipinski definition) is 4. The van der Waals surface area contributed by atoms with Crippen LogP contribution in [0.25, 0.3) is 10.2 Å². The molecule has 1 aromatic carbocycles. The molecule has 96 valence electrons. The third kappa shape index (κ3) is 2.79. The molecule has 1 amide bonds. The first kappa shape index (κ1) is 12.8.